The SMILES string of the molecule is CC(C)(C)OC(=O)N/C(N)=N/C(=N/S(=O)(=O)c1ccc(Cl)cc1)N1CC(c2ccccc2)C(c2ccc(Cl)cc2)=N1. The van der Waals surface area contributed by atoms with E-state index >= 15 is 0 Å². The largest absolute Gasteiger partial charge is 0.444 e. The van der Waals surface area contributed by atoms with Crippen molar-refractivity contribution in [3.63, 3.8) is 0 Å². The second-order valence-corrected chi connectivity index (χ2v) is 12.5. The number of sulfonamides is 1. The Bertz CT molecular complexity index is 1600. The molecular formula is C28H28Cl2N6O4S. The van der Waals surface area contributed by atoms with Crippen molar-refractivity contribution in [3.05, 3.63) is 100 Å². The van der Waals surface area contributed by atoms with Crippen LogP contribution in [0.3, 0.4) is 0 Å². The highest BCUT2D eigenvalue weighted by Crippen LogP contribution is 2.30. The predicted octanol–water partition coefficient (Wildman–Crippen LogP) is 5.38. The molecule has 1 atom stereocenters. The number of hydrazone groups is 1. The first-order chi connectivity index (χ1) is 19.3. The summed E-state index contributed by atoms with van der Waals surface area (Å²) < 4.78 is 35.8. The Morgan fingerprint density at radius 3 is 2.17 bits per heavy atom. The highest BCUT2D eigenvalue weighted by Gasteiger charge is 2.33. The van der Waals surface area contributed by atoms with Crippen molar-refractivity contribution < 1.29 is 17.9 Å². The molecule has 1 amide bonds. The minimum atomic E-state index is -4.29. The molecule has 3 N–H and O–H groups in total. The van der Waals surface area contributed by atoms with Crippen LogP contribution >= 0.6 is 23.2 Å². The van der Waals surface area contributed by atoms with Gasteiger partial charge in [0.1, 0.15) is 5.60 Å². The minimum absolute atomic E-state index is 0.117. The van der Waals surface area contributed by atoms with Gasteiger partial charge in [0.15, 0.2) is 0 Å². The summed E-state index contributed by atoms with van der Waals surface area (Å²) in [6, 6.07) is 22.2. The molecule has 4 rings (SSSR count). The lowest BCUT2D eigenvalue weighted by Crippen LogP contribution is -2.41. The standard InChI is InChI=1S/C28H28Cl2N6O4S/c1-28(2,3)40-27(37)33-25(31)32-26(35-41(38,39)22-15-13-21(30)14-16-22)36-17-23(18-7-5-4-6-8-18)24(34-36)19-9-11-20(29)12-10-19/h4-16,23H,17H2,1-3H3,(H3,31,32,33,35,37). The summed E-state index contributed by atoms with van der Waals surface area (Å²) in [6.45, 7) is 5.24. The average molecular weight is 616 g/mol. The van der Waals surface area contributed by atoms with E-state index in [9.17, 15) is 13.2 Å². The lowest BCUT2D eigenvalue weighted by atomic mass is 9.91. The summed E-state index contributed by atoms with van der Waals surface area (Å²) in [5, 5.41) is 9.26. The van der Waals surface area contributed by atoms with Crippen molar-refractivity contribution in [3.8, 4) is 0 Å². The van der Waals surface area contributed by atoms with Gasteiger partial charge in [0.2, 0.25) is 5.96 Å². The van der Waals surface area contributed by atoms with Crippen LogP contribution in [0.15, 0.2) is 98.2 Å². The van der Waals surface area contributed by atoms with Gasteiger partial charge in [-0.15, -0.1) is 4.40 Å². The molecule has 0 saturated carbocycles. The lowest BCUT2D eigenvalue weighted by Gasteiger charge is -2.20. The number of nitrogens with two attached hydrogens (primary N) is 1. The lowest BCUT2D eigenvalue weighted by molar-refractivity contribution is 0.0562. The van der Waals surface area contributed by atoms with Gasteiger partial charge in [-0.25, -0.2) is 9.80 Å². The molecule has 0 saturated heterocycles. The molecule has 3 aromatic carbocycles. The summed E-state index contributed by atoms with van der Waals surface area (Å²) in [6.07, 6.45) is -0.868. The molecule has 214 valence electrons. The highest BCUT2D eigenvalue weighted by molar-refractivity contribution is 7.90. The fourth-order valence-electron chi connectivity index (χ4n) is 3.89. The van der Waals surface area contributed by atoms with Gasteiger partial charge in [-0.3, -0.25) is 5.32 Å². The normalized spacial score (nSPS) is 16.4. The van der Waals surface area contributed by atoms with Gasteiger partial charge in [0, 0.05) is 16.0 Å². The topological polar surface area (TPSA) is 139 Å². The number of halogens is 2. The van der Waals surface area contributed by atoms with Crippen LogP contribution in [0.1, 0.15) is 37.8 Å². The maximum Gasteiger partial charge on any atom is 0.414 e. The number of benzene rings is 3. The third-order valence-electron chi connectivity index (χ3n) is 5.65. The van der Waals surface area contributed by atoms with E-state index in [4.69, 9.17) is 38.8 Å². The van der Waals surface area contributed by atoms with Gasteiger partial charge >= 0.3 is 6.09 Å². The molecule has 13 heteroatoms. The second-order valence-electron chi connectivity index (χ2n) is 9.98. The second kappa shape index (κ2) is 12.3. The number of carbonyl (C=O) groups excluding carboxylic acids is 1. The maximum atomic E-state index is 13.3. The Morgan fingerprint density at radius 2 is 1.59 bits per heavy atom. The van der Waals surface area contributed by atoms with Crippen LogP contribution in [0.4, 0.5) is 4.79 Å². The fraction of sp³-hybridized carbons (Fsp3) is 0.214. The third-order valence-corrected chi connectivity index (χ3v) is 7.43. The Labute approximate surface area is 248 Å². The minimum Gasteiger partial charge on any atom is -0.444 e. The van der Waals surface area contributed by atoms with Gasteiger partial charge in [-0.2, -0.15) is 18.5 Å². The molecule has 0 radical (unpaired) electrons. The van der Waals surface area contributed by atoms with E-state index in [1.807, 2.05) is 42.5 Å². The van der Waals surface area contributed by atoms with Crippen LogP contribution in [0.2, 0.25) is 10.0 Å². The number of alkyl carbamates (subject to hydrolysis) is 1. The van der Waals surface area contributed by atoms with Crippen molar-refractivity contribution in [1.29, 1.82) is 0 Å². The number of hydrogen-bond acceptors (Lipinski definition) is 5. The first-order valence-electron chi connectivity index (χ1n) is 12.4. The van der Waals surface area contributed by atoms with Crippen molar-refractivity contribution >= 4 is 56.9 Å². The van der Waals surface area contributed by atoms with Crippen LogP contribution in [-0.4, -0.2) is 49.3 Å². The number of carbonyl (C=O) groups is 1. The first kappa shape index (κ1) is 30.0. The van der Waals surface area contributed by atoms with Crippen molar-refractivity contribution in [2.75, 3.05) is 6.54 Å². The summed E-state index contributed by atoms with van der Waals surface area (Å²) in [4.78, 5) is 16.3. The molecule has 0 aliphatic carbocycles. The number of guanidine groups is 2. The molecule has 1 aliphatic heterocycles. The van der Waals surface area contributed by atoms with Crippen LogP contribution in [0, 0.1) is 0 Å². The van der Waals surface area contributed by atoms with Crippen molar-refractivity contribution in [2.45, 2.75) is 37.2 Å². The highest BCUT2D eigenvalue weighted by atomic mass is 35.5. The molecule has 1 heterocycles. The quantitative estimate of drug-likeness (QED) is 0.299. The number of amides is 1. The monoisotopic (exact) mass is 614 g/mol. The third kappa shape index (κ3) is 8.06. The van der Waals surface area contributed by atoms with Crippen LogP contribution in [0.25, 0.3) is 0 Å². The number of aliphatic imine (C=N–C) groups is 1. The molecule has 3 aromatic rings. The smallest absolute Gasteiger partial charge is 0.414 e. The number of nitrogens with one attached hydrogen (secondary N) is 1. The summed E-state index contributed by atoms with van der Waals surface area (Å²) in [5.41, 5.74) is 7.55. The van der Waals surface area contributed by atoms with E-state index in [0.29, 0.717) is 15.8 Å². The fourth-order valence-corrected chi connectivity index (χ4v) is 5.08. The number of rotatable bonds is 4. The zero-order chi connectivity index (χ0) is 29.8. The van der Waals surface area contributed by atoms with Gasteiger partial charge in [-0.05, 0) is 68.3 Å². The molecule has 41 heavy (non-hydrogen) atoms. The predicted molar refractivity (Wildman–Crippen MR) is 161 cm³/mol. The van der Waals surface area contributed by atoms with E-state index in [0.717, 1.165) is 11.1 Å². The number of ether oxygens (including phenoxy) is 1. The number of nitrogens with zero attached hydrogens (tertiary/aromatic N) is 4. The van der Waals surface area contributed by atoms with Gasteiger partial charge < -0.3 is 10.5 Å². The zero-order valence-corrected chi connectivity index (χ0v) is 24.8. The molecule has 0 fully saturated rings. The molecule has 10 nitrogen and oxygen atoms in total. The Hall–Kier alpha value is -3.93. The Balaban J connectivity index is 1.79. The molecule has 0 bridgehead atoms. The van der Waals surface area contributed by atoms with E-state index < -0.39 is 27.7 Å². The van der Waals surface area contributed by atoms with Gasteiger partial charge in [0.25, 0.3) is 16.0 Å². The maximum absolute atomic E-state index is 13.3. The Morgan fingerprint density at radius 1 is 1.00 bits per heavy atom. The van der Waals surface area contributed by atoms with E-state index in [-0.39, 0.29) is 23.3 Å². The molecule has 0 spiro atoms. The summed E-state index contributed by atoms with van der Waals surface area (Å²) >= 11 is 12.0. The van der Waals surface area contributed by atoms with E-state index in [1.165, 1.54) is 29.3 Å². The van der Waals surface area contributed by atoms with Crippen molar-refractivity contribution in [2.24, 2.45) is 20.2 Å². The Kier molecular flexibility index (Phi) is 9.01. The molecule has 1 aliphatic rings. The molecule has 1 unspecified atom stereocenters. The van der Waals surface area contributed by atoms with Crippen molar-refractivity contribution in [1.82, 2.24) is 10.3 Å². The van der Waals surface area contributed by atoms with Gasteiger partial charge in [0.05, 0.1) is 17.2 Å². The first-order valence-corrected chi connectivity index (χ1v) is 14.6. The van der Waals surface area contributed by atoms with Gasteiger partial charge in [-0.1, -0.05) is 65.7 Å². The van der Waals surface area contributed by atoms with E-state index in [2.05, 4.69) is 14.7 Å². The average Bonchev–Trinajstić information content (AvgIpc) is 3.34. The van der Waals surface area contributed by atoms with Crippen LogP contribution in [0.5, 0.6) is 0 Å². The summed E-state index contributed by atoms with van der Waals surface area (Å²) in [7, 11) is -4.29. The van der Waals surface area contributed by atoms with Crippen LogP contribution in [-0.2, 0) is 14.8 Å². The van der Waals surface area contributed by atoms with E-state index in [1.54, 1.807) is 32.9 Å². The molecule has 0 aromatic heterocycles. The zero-order valence-electron chi connectivity index (χ0n) is 22.5. The number of hydrogen-bond donors (Lipinski definition) is 2. The molecular weight excluding hydrogens is 587 g/mol. The van der Waals surface area contributed by atoms with Crippen LogP contribution < -0.4 is 11.1 Å². The summed E-state index contributed by atoms with van der Waals surface area (Å²) in [5.74, 6) is -1.08.